The lowest BCUT2D eigenvalue weighted by Crippen LogP contribution is -2.29. The van der Waals surface area contributed by atoms with Crippen molar-refractivity contribution in [1.29, 1.82) is 0 Å². The Morgan fingerprint density at radius 2 is 1.81 bits per heavy atom. The minimum Gasteiger partial charge on any atom is -0.482 e. The molecule has 0 radical (unpaired) electrons. The molecule has 2 aromatic rings. The standard InChI is InChI=1S/C20H20ClFN2O3/c21-17-11-16(22)7-8-18(17)27-13-19(25)23-12-14-3-5-15(6-4-14)20(26)24-9-1-2-10-24/h3-8,11H,1-2,9-10,12-13H2,(H,23,25). The second-order valence-corrected chi connectivity index (χ2v) is 6.74. The molecule has 2 amide bonds. The number of nitrogens with one attached hydrogen (secondary N) is 1. The third-order valence-corrected chi connectivity index (χ3v) is 4.63. The van der Waals surface area contributed by atoms with Crippen LogP contribution in [0.1, 0.15) is 28.8 Å². The molecule has 7 heteroatoms. The van der Waals surface area contributed by atoms with Gasteiger partial charge in [-0.25, -0.2) is 4.39 Å². The molecule has 1 fully saturated rings. The Labute approximate surface area is 162 Å². The molecule has 0 spiro atoms. The highest BCUT2D eigenvalue weighted by molar-refractivity contribution is 6.32. The zero-order valence-corrected chi connectivity index (χ0v) is 15.5. The lowest BCUT2D eigenvalue weighted by atomic mass is 10.1. The third kappa shape index (κ3) is 5.20. The summed E-state index contributed by atoms with van der Waals surface area (Å²) in [7, 11) is 0. The summed E-state index contributed by atoms with van der Waals surface area (Å²) < 4.78 is 18.3. The Kier molecular flexibility index (Phi) is 6.29. The Bertz CT molecular complexity index is 820. The zero-order chi connectivity index (χ0) is 19.2. The molecule has 142 valence electrons. The maximum absolute atomic E-state index is 13.0. The van der Waals surface area contributed by atoms with Crippen molar-refractivity contribution >= 4 is 23.4 Å². The van der Waals surface area contributed by atoms with Crippen LogP contribution in [0.2, 0.25) is 5.02 Å². The van der Waals surface area contributed by atoms with E-state index in [0.29, 0.717) is 12.1 Å². The lowest BCUT2D eigenvalue weighted by Gasteiger charge is -2.15. The quantitative estimate of drug-likeness (QED) is 0.822. The molecule has 27 heavy (non-hydrogen) atoms. The highest BCUT2D eigenvalue weighted by atomic mass is 35.5. The van der Waals surface area contributed by atoms with Gasteiger partial charge in [0.25, 0.3) is 11.8 Å². The van der Waals surface area contributed by atoms with Crippen molar-refractivity contribution in [3.05, 3.63) is 64.4 Å². The van der Waals surface area contributed by atoms with E-state index in [9.17, 15) is 14.0 Å². The van der Waals surface area contributed by atoms with Crippen LogP contribution >= 0.6 is 11.6 Å². The first-order valence-corrected chi connectivity index (χ1v) is 9.13. The van der Waals surface area contributed by atoms with Crippen LogP contribution in [-0.4, -0.2) is 36.4 Å². The summed E-state index contributed by atoms with van der Waals surface area (Å²) in [5, 5.41) is 2.84. The number of carbonyl (C=O) groups is 2. The number of carbonyl (C=O) groups excluding carboxylic acids is 2. The molecule has 1 aliphatic heterocycles. The van der Waals surface area contributed by atoms with E-state index in [0.717, 1.165) is 37.6 Å². The topological polar surface area (TPSA) is 58.6 Å². The number of amides is 2. The zero-order valence-electron chi connectivity index (χ0n) is 14.7. The van der Waals surface area contributed by atoms with Gasteiger partial charge in [0.15, 0.2) is 6.61 Å². The van der Waals surface area contributed by atoms with Gasteiger partial charge in [-0.2, -0.15) is 0 Å². The maximum Gasteiger partial charge on any atom is 0.258 e. The first-order chi connectivity index (χ1) is 13.0. The van der Waals surface area contributed by atoms with Crippen LogP contribution in [0, 0.1) is 5.82 Å². The maximum atomic E-state index is 13.0. The van der Waals surface area contributed by atoms with E-state index in [1.165, 1.54) is 12.1 Å². The minimum absolute atomic E-state index is 0.0488. The Morgan fingerprint density at radius 1 is 1.11 bits per heavy atom. The molecule has 2 aromatic carbocycles. The van der Waals surface area contributed by atoms with Crippen LogP contribution in [0.3, 0.4) is 0 Å². The summed E-state index contributed by atoms with van der Waals surface area (Å²) in [5.74, 6) is -0.498. The monoisotopic (exact) mass is 390 g/mol. The van der Waals surface area contributed by atoms with Gasteiger partial charge in [-0.3, -0.25) is 9.59 Å². The van der Waals surface area contributed by atoms with Crippen LogP contribution in [0.4, 0.5) is 4.39 Å². The van der Waals surface area contributed by atoms with Gasteiger partial charge in [-0.15, -0.1) is 0 Å². The number of halogens is 2. The second-order valence-electron chi connectivity index (χ2n) is 6.34. The molecule has 1 heterocycles. The van der Waals surface area contributed by atoms with Gasteiger partial charge in [0.2, 0.25) is 0 Å². The van der Waals surface area contributed by atoms with Gasteiger partial charge in [0, 0.05) is 25.2 Å². The van der Waals surface area contributed by atoms with Crippen molar-refractivity contribution in [2.45, 2.75) is 19.4 Å². The fourth-order valence-electron chi connectivity index (χ4n) is 2.86. The fraction of sp³-hybridized carbons (Fsp3) is 0.300. The predicted molar refractivity (Wildman–Crippen MR) is 100 cm³/mol. The van der Waals surface area contributed by atoms with Crippen LogP contribution in [0.15, 0.2) is 42.5 Å². The summed E-state index contributed by atoms with van der Waals surface area (Å²) >= 11 is 5.85. The molecule has 0 atom stereocenters. The Hall–Kier alpha value is -2.60. The molecule has 5 nitrogen and oxygen atoms in total. The Balaban J connectivity index is 1.46. The van der Waals surface area contributed by atoms with Gasteiger partial charge in [0.1, 0.15) is 11.6 Å². The summed E-state index contributed by atoms with van der Waals surface area (Å²) in [6.07, 6.45) is 2.11. The van der Waals surface area contributed by atoms with Crippen LogP contribution in [-0.2, 0) is 11.3 Å². The number of benzene rings is 2. The van der Waals surface area contributed by atoms with Crippen LogP contribution in [0.25, 0.3) is 0 Å². The molecular weight excluding hydrogens is 371 g/mol. The average molecular weight is 391 g/mol. The first kappa shape index (κ1) is 19.2. The summed E-state index contributed by atoms with van der Waals surface area (Å²) in [6.45, 7) is 1.72. The third-order valence-electron chi connectivity index (χ3n) is 4.34. The largest absolute Gasteiger partial charge is 0.482 e. The van der Waals surface area contributed by atoms with E-state index in [-0.39, 0.29) is 29.2 Å². The summed E-state index contributed by atoms with van der Waals surface area (Å²) in [6, 6.07) is 10.9. The van der Waals surface area contributed by atoms with Crippen molar-refractivity contribution in [2.75, 3.05) is 19.7 Å². The van der Waals surface area contributed by atoms with Crippen LogP contribution < -0.4 is 10.1 Å². The smallest absolute Gasteiger partial charge is 0.258 e. The van der Waals surface area contributed by atoms with Gasteiger partial charge in [0.05, 0.1) is 5.02 Å². The molecule has 1 aliphatic rings. The average Bonchev–Trinajstić information content (AvgIpc) is 3.20. The van der Waals surface area contributed by atoms with Crippen molar-refractivity contribution < 1.29 is 18.7 Å². The molecule has 1 N–H and O–H groups in total. The van der Waals surface area contributed by atoms with Crippen LogP contribution in [0.5, 0.6) is 5.75 Å². The summed E-state index contributed by atoms with van der Waals surface area (Å²) in [4.78, 5) is 26.1. The second kappa shape index (κ2) is 8.86. The van der Waals surface area contributed by atoms with E-state index in [1.807, 2.05) is 17.0 Å². The van der Waals surface area contributed by atoms with Gasteiger partial charge in [-0.05, 0) is 48.7 Å². The summed E-state index contributed by atoms with van der Waals surface area (Å²) in [5.41, 5.74) is 1.53. The molecular formula is C20H20ClFN2O3. The number of likely N-dealkylation sites (tertiary alicyclic amines) is 1. The molecule has 0 aliphatic carbocycles. The van der Waals surface area contributed by atoms with Gasteiger partial charge in [-0.1, -0.05) is 23.7 Å². The number of ether oxygens (including phenoxy) is 1. The molecule has 0 unspecified atom stereocenters. The van der Waals surface area contributed by atoms with E-state index >= 15 is 0 Å². The number of rotatable bonds is 6. The minimum atomic E-state index is -0.469. The van der Waals surface area contributed by atoms with E-state index < -0.39 is 5.82 Å². The van der Waals surface area contributed by atoms with Crippen molar-refractivity contribution in [1.82, 2.24) is 10.2 Å². The van der Waals surface area contributed by atoms with Crippen molar-refractivity contribution in [3.8, 4) is 5.75 Å². The van der Waals surface area contributed by atoms with Gasteiger partial charge >= 0.3 is 0 Å². The SMILES string of the molecule is O=C(COc1ccc(F)cc1Cl)NCc1ccc(C(=O)N2CCCC2)cc1. The molecule has 3 rings (SSSR count). The number of hydrogen-bond donors (Lipinski definition) is 1. The molecule has 0 bridgehead atoms. The predicted octanol–water partition coefficient (Wildman–Crippen LogP) is 3.41. The fourth-order valence-corrected chi connectivity index (χ4v) is 3.08. The lowest BCUT2D eigenvalue weighted by molar-refractivity contribution is -0.123. The highest BCUT2D eigenvalue weighted by Crippen LogP contribution is 2.24. The normalized spacial score (nSPS) is 13.5. The highest BCUT2D eigenvalue weighted by Gasteiger charge is 2.19. The van der Waals surface area contributed by atoms with E-state index in [2.05, 4.69) is 5.32 Å². The van der Waals surface area contributed by atoms with Gasteiger partial charge < -0.3 is 15.0 Å². The van der Waals surface area contributed by atoms with E-state index in [1.54, 1.807) is 12.1 Å². The molecule has 1 saturated heterocycles. The van der Waals surface area contributed by atoms with E-state index in [4.69, 9.17) is 16.3 Å². The number of hydrogen-bond acceptors (Lipinski definition) is 3. The molecule has 0 aromatic heterocycles. The number of nitrogens with zero attached hydrogens (tertiary/aromatic N) is 1. The molecule has 0 saturated carbocycles. The Morgan fingerprint density at radius 3 is 2.48 bits per heavy atom. The first-order valence-electron chi connectivity index (χ1n) is 8.76. The van der Waals surface area contributed by atoms with Crippen molar-refractivity contribution in [3.63, 3.8) is 0 Å². The van der Waals surface area contributed by atoms with Crippen molar-refractivity contribution in [2.24, 2.45) is 0 Å².